The number of hydrogen-bond acceptors (Lipinski definition) is 5. The molecule has 1 heterocycles. The second kappa shape index (κ2) is 7.33. The molecule has 0 radical (unpaired) electrons. The van der Waals surface area contributed by atoms with Crippen LogP contribution in [0.25, 0.3) is 0 Å². The lowest BCUT2D eigenvalue weighted by atomic mass is 10.2. The minimum absolute atomic E-state index is 0.222. The van der Waals surface area contributed by atoms with Crippen molar-refractivity contribution in [3.63, 3.8) is 0 Å². The number of anilines is 1. The normalized spacial score (nSPS) is 19.7. The molecule has 6 nitrogen and oxygen atoms in total. The highest BCUT2D eigenvalue weighted by Gasteiger charge is 2.26. The summed E-state index contributed by atoms with van der Waals surface area (Å²) in [6.45, 7) is 4.63. The molecule has 1 aliphatic rings. The van der Waals surface area contributed by atoms with E-state index in [1.165, 1.54) is 12.1 Å². The summed E-state index contributed by atoms with van der Waals surface area (Å²) in [6.07, 6.45) is 0. The minimum atomic E-state index is -4.61. The molecule has 23 heavy (non-hydrogen) atoms. The molecule has 0 aliphatic carbocycles. The second-order valence-corrected chi connectivity index (χ2v) is 7.32. The first-order chi connectivity index (χ1) is 10.8. The number of halogens is 2. The van der Waals surface area contributed by atoms with Crippen LogP contribution in [0.3, 0.4) is 0 Å². The highest BCUT2D eigenvalue weighted by atomic mass is 32.2. The van der Waals surface area contributed by atoms with Gasteiger partial charge in [-0.15, -0.1) is 0 Å². The molecule has 1 aromatic carbocycles. The van der Waals surface area contributed by atoms with Gasteiger partial charge >= 0.3 is 5.76 Å². The zero-order valence-corrected chi connectivity index (χ0v) is 13.4. The van der Waals surface area contributed by atoms with E-state index in [2.05, 4.69) is 10.6 Å². The molecule has 2 N–H and O–H groups in total. The molecule has 0 bridgehead atoms. The van der Waals surface area contributed by atoms with Crippen molar-refractivity contribution < 1.29 is 22.0 Å². The van der Waals surface area contributed by atoms with Crippen molar-refractivity contribution in [2.75, 3.05) is 31.5 Å². The van der Waals surface area contributed by atoms with Crippen molar-refractivity contribution in [1.82, 2.24) is 10.2 Å². The highest BCUT2D eigenvalue weighted by molar-refractivity contribution is 7.91. The lowest BCUT2D eigenvalue weighted by Crippen LogP contribution is -2.51. The third-order valence-corrected chi connectivity index (χ3v) is 5.09. The number of sulfone groups is 1. The Hall–Kier alpha value is -1.58. The predicted octanol–water partition coefficient (Wildman–Crippen LogP) is 0.915. The van der Waals surface area contributed by atoms with E-state index >= 15 is 0 Å². The fraction of sp³-hybridized carbons (Fsp3) is 0.500. The molecule has 1 amide bonds. The van der Waals surface area contributed by atoms with Gasteiger partial charge in [0.2, 0.25) is 15.7 Å². The first-order valence-corrected chi connectivity index (χ1v) is 8.72. The monoisotopic (exact) mass is 347 g/mol. The Bertz CT molecular complexity index is 650. The van der Waals surface area contributed by atoms with Crippen LogP contribution in [0, 0.1) is 0 Å². The van der Waals surface area contributed by atoms with Gasteiger partial charge in [-0.1, -0.05) is 0 Å². The summed E-state index contributed by atoms with van der Waals surface area (Å²) >= 11 is 0. The first kappa shape index (κ1) is 17.8. The van der Waals surface area contributed by atoms with Gasteiger partial charge < -0.3 is 10.6 Å². The van der Waals surface area contributed by atoms with Crippen molar-refractivity contribution in [2.24, 2.45) is 0 Å². The van der Waals surface area contributed by atoms with E-state index in [1.807, 2.05) is 11.8 Å². The number of amides is 1. The summed E-state index contributed by atoms with van der Waals surface area (Å²) in [4.78, 5) is 13.6. The molecular formula is C14H19F2N3O3S. The van der Waals surface area contributed by atoms with Crippen molar-refractivity contribution in [3.05, 3.63) is 24.3 Å². The van der Waals surface area contributed by atoms with Crippen LogP contribution >= 0.6 is 0 Å². The van der Waals surface area contributed by atoms with Gasteiger partial charge in [-0.3, -0.25) is 9.69 Å². The van der Waals surface area contributed by atoms with Gasteiger partial charge in [0.05, 0.1) is 11.4 Å². The summed E-state index contributed by atoms with van der Waals surface area (Å²) < 4.78 is 47.5. The molecule has 1 fully saturated rings. The number of benzene rings is 1. The third kappa shape index (κ3) is 4.46. The van der Waals surface area contributed by atoms with Crippen LogP contribution in [0.4, 0.5) is 14.5 Å². The molecule has 0 aromatic heterocycles. The lowest BCUT2D eigenvalue weighted by Gasteiger charge is -2.33. The number of piperazine rings is 1. The Morgan fingerprint density at radius 1 is 1.39 bits per heavy atom. The van der Waals surface area contributed by atoms with E-state index in [9.17, 15) is 22.0 Å². The zero-order chi connectivity index (χ0) is 17.0. The van der Waals surface area contributed by atoms with Gasteiger partial charge in [-0.2, -0.15) is 8.78 Å². The Morgan fingerprint density at radius 3 is 2.61 bits per heavy atom. The number of alkyl halides is 2. The Kier molecular flexibility index (Phi) is 5.66. The van der Waals surface area contributed by atoms with Crippen LogP contribution in [0.5, 0.6) is 0 Å². The molecule has 9 heteroatoms. The van der Waals surface area contributed by atoms with Crippen LogP contribution in [0.2, 0.25) is 0 Å². The summed E-state index contributed by atoms with van der Waals surface area (Å²) in [5, 5.41) is 5.86. The van der Waals surface area contributed by atoms with Crippen molar-refractivity contribution in [1.29, 1.82) is 0 Å². The molecule has 128 valence electrons. The summed E-state index contributed by atoms with van der Waals surface area (Å²) in [7, 11) is -4.61. The van der Waals surface area contributed by atoms with Crippen LogP contribution in [-0.2, 0) is 14.6 Å². The number of carbonyl (C=O) groups excluding carboxylic acids is 1. The van der Waals surface area contributed by atoms with Gasteiger partial charge in [-0.05, 0) is 31.2 Å². The van der Waals surface area contributed by atoms with E-state index in [0.29, 0.717) is 5.69 Å². The van der Waals surface area contributed by atoms with Gasteiger partial charge in [0.25, 0.3) is 0 Å². The number of hydrogen-bond donors (Lipinski definition) is 2. The fourth-order valence-electron chi connectivity index (χ4n) is 2.33. The van der Waals surface area contributed by atoms with Crippen LogP contribution < -0.4 is 10.6 Å². The van der Waals surface area contributed by atoms with E-state index < -0.39 is 20.5 Å². The first-order valence-electron chi connectivity index (χ1n) is 7.17. The largest absolute Gasteiger partial charge is 0.341 e. The maximum atomic E-state index is 12.4. The van der Waals surface area contributed by atoms with Crippen LogP contribution in [0.1, 0.15) is 6.92 Å². The van der Waals surface area contributed by atoms with Crippen molar-refractivity contribution in [2.45, 2.75) is 23.6 Å². The van der Waals surface area contributed by atoms with E-state index in [1.54, 1.807) is 0 Å². The van der Waals surface area contributed by atoms with E-state index in [4.69, 9.17) is 0 Å². The molecule has 0 spiro atoms. The number of nitrogens with zero attached hydrogens (tertiary/aromatic N) is 1. The molecule has 0 unspecified atom stereocenters. The van der Waals surface area contributed by atoms with Gasteiger partial charge in [-0.25, -0.2) is 8.42 Å². The smallest absolute Gasteiger partial charge is 0.325 e. The Balaban J connectivity index is 1.97. The standard InChI is InChI=1S/C14H19F2N3O3S/c1-10-8-17-6-7-19(10)9-13(20)18-11-2-4-12(5-3-11)23(21,22)14(15)16/h2-5,10,14,17H,6-9H2,1H3,(H,18,20)/t10-/m0/s1. The number of carbonyl (C=O) groups is 1. The SMILES string of the molecule is C[C@H]1CNCCN1CC(=O)Nc1ccc(S(=O)(=O)C(F)F)cc1. The Labute approximate surface area is 133 Å². The Morgan fingerprint density at radius 2 is 2.04 bits per heavy atom. The van der Waals surface area contributed by atoms with Crippen molar-refractivity contribution in [3.8, 4) is 0 Å². The van der Waals surface area contributed by atoms with E-state index in [0.717, 1.165) is 31.8 Å². The zero-order valence-electron chi connectivity index (χ0n) is 12.6. The number of nitrogens with one attached hydrogen (secondary N) is 2. The second-order valence-electron chi connectivity index (χ2n) is 5.40. The minimum Gasteiger partial charge on any atom is -0.325 e. The number of rotatable bonds is 5. The molecule has 2 rings (SSSR count). The lowest BCUT2D eigenvalue weighted by molar-refractivity contribution is -0.118. The average molecular weight is 347 g/mol. The van der Waals surface area contributed by atoms with Crippen LogP contribution in [-0.4, -0.2) is 57.2 Å². The fourth-order valence-corrected chi connectivity index (χ4v) is 3.05. The van der Waals surface area contributed by atoms with Crippen molar-refractivity contribution >= 4 is 21.4 Å². The maximum Gasteiger partial charge on any atom is 0.341 e. The summed E-state index contributed by atoms with van der Waals surface area (Å²) in [5.41, 5.74) is 0.367. The topological polar surface area (TPSA) is 78.5 Å². The van der Waals surface area contributed by atoms with E-state index in [-0.39, 0.29) is 18.5 Å². The predicted molar refractivity (Wildman–Crippen MR) is 82.2 cm³/mol. The van der Waals surface area contributed by atoms with Gasteiger partial charge in [0.15, 0.2) is 0 Å². The van der Waals surface area contributed by atoms with Gasteiger partial charge in [0, 0.05) is 31.4 Å². The summed E-state index contributed by atoms with van der Waals surface area (Å²) in [5.74, 6) is -3.69. The van der Waals surface area contributed by atoms with Gasteiger partial charge in [0.1, 0.15) is 0 Å². The quantitative estimate of drug-likeness (QED) is 0.828. The molecular weight excluding hydrogens is 328 g/mol. The third-order valence-electron chi connectivity index (χ3n) is 3.69. The molecule has 1 aliphatic heterocycles. The molecule has 1 aromatic rings. The average Bonchev–Trinajstić information content (AvgIpc) is 2.50. The summed E-state index contributed by atoms with van der Waals surface area (Å²) in [6, 6.07) is 4.96. The maximum absolute atomic E-state index is 12.4. The molecule has 0 saturated carbocycles. The molecule has 1 atom stereocenters. The highest BCUT2D eigenvalue weighted by Crippen LogP contribution is 2.20. The molecule has 1 saturated heterocycles. The van der Waals surface area contributed by atoms with Crippen LogP contribution in [0.15, 0.2) is 29.2 Å².